The lowest BCUT2D eigenvalue weighted by Crippen LogP contribution is -2.36. The highest BCUT2D eigenvalue weighted by Gasteiger charge is 2.41. The number of rotatable bonds is 3. The maximum atomic E-state index is 6.47. The molecule has 152 valence electrons. The van der Waals surface area contributed by atoms with E-state index in [2.05, 4.69) is 69.9 Å². The highest BCUT2D eigenvalue weighted by molar-refractivity contribution is 7.12. The van der Waals surface area contributed by atoms with Crippen LogP contribution in [-0.4, -0.2) is 37.0 Å². The third-order valence-electron chi connectivity index (χ3n) is 6.06. The first-order valence-electron chi connectivity index (χ1n) is 10.4. The number of fused-ring (bicyclic) bond motifs is 3. The van der Waals surface area contributed by atoms with Gasteiger partial charge in [-0.1, -0.05) is 36.4 Å². The molecule has 0 N–H and O–H groups in total. The number of benzene rings is 2. The van der Waals surface area contributed by atoms with E-state index < -0.39 is 0 Å². The van der Waals surface area contributed by atoms with Crippen LogP contribution < -0.4 is 9.64 Å². The monoisotopic (exact) mass is 417 g/mol. The topological polar surface area (TPSA) is 37.3 Å². The number of hydrazone groups is 1. The number of morpholine rings is 1. The van der Waals surface area contributed by atoms with Gasteiger partial charge in [0.2, 0.25) is 6.23 Å². The van der Waals surface area contributed by atoms with Crippen LogP contribution in [-0.2, 0) is 4.74 Å². The van der Waals surface area contributed by atoms with Crippen LogP contribution in [0.15, 0.2) is 71.1 Å². The molecule has 1 aromatic heterocycles. The average molecular weight is 418 g/mol. The molecule has 3 aliphatic heterocycles. The van der Waals surface area contributed by atoms with Crippen molar-refractivity contribution in [2.24, 2.45) is 5.10 Å². The summed E-state index contributed by atoms with van der Waals surface area (Å²) in [5, 5.41) is 9.30. The molecule has 1 saturated heterocycles. The van der Waals surface area contributed by atoms with Crippen molar-refractivity contribution in [3.8, 4) is 5.75 Å². The van der Waals surface area contributed by atoms with E-state index in [9.17, 15) is 0 Å². The highest BCUT2D eigenvalue weighted by Crippen LogP contribution is 2.47. The van der Waals surface area contributed by atoms with Crippen molar-refractivity contribution < 1.29 is 9.47 Å². The minimum atomic E-state index is -0.221. The van der Waals surface area contributed by atoms with Crippen LogP contribution in [0.3, 0.4) is 0 Å². The van der Waals surface area contributed by atoms with Crippen LogP contribution >= 0.6 is 11.3 Å². The van der Waals surface area contributed by atoms with Crippen LogP contribution in [0, 0.1) is 0 Å². The summed E-state index contributed by atoms with van der Waals surface area (Å²) >= 11 is 1.75. The summed E-state index contributed by atoms with van der Waals surface area (Å²) in [6.07, 6.45) is 0.685. The molecule has 2 atom stereocenters. The molecule has 6 rings (SSSR count). The molecule has 4 heterocycles. The van der Waals surface area contributed by atoms with Gasteiger partial charge >= 0.3 is 0 Å². The van der Waals surface area contributed by atoms with Crippen LogP contribution in [0.1, 0.15) is 34.7 Å². The van der Waals surface area contributed by atoms with E-state index in [1.165, 1.54) is 16.1 Å². The smallest absolute Gasteiger partial charge is 0.213 e. The molecular weight excluding hydrogens is 394 g/mol. The first-order valence-corrected chi connectivity index (χ1v) is 11.3. The minimum absolute atomic E-state index is 0.205. The second kappa shape index (κ2) is 7.45. The van der Waals surface area contributed by atoms with Gasteiger partial charge in [0.1, 0.15) is 5.75 Å². The van der Waals surface area contributed by atoms with Gasteiger partial charge in [0.05, 0.1) is 29.8 Å². The Balaban J connectivity index is 1.34. The van der Waals surface area contributed by atoms with E-state index in [0.717, 1.165) is 49.7 Å². The Morgan fingerprint density at radius 2 is 1.77 bits per heavy atom. The van der Waals surface area contributed by atoms with Gasteiger partial charge in [0.15, 0.2) is 0 Å². The molecule has 5 nitrogen and oxygen atoms in total. The number of nitrogens with zero attached hydrogens (tertiary/aromatic N) is 3. The lowest BCUT2D eigenvalue weighted by molar-refractivity contribution is -0.0190. The zero-order valence-corrected chi connectivity index (χ0v) is 17.4. The number of hydrogen-bond acceptors (Lipinski definition) is 6. The second-order valence-electron chi connectivity index (χ2n) is 7.82. The fraction of sp³-hybridized carbons (Fsp3) is 0.292. The fourth-order valence-corrected chi connectivity index (χ4v) is 5.24. The van der Waals surface area contributed by atoms with Crippen LogP contribution in [0.5, 0.6) is 5.75 Å². The van der Waals surface area contributed by atoms with Gasteiger partial charge in [-0.3, -0.25) is 0 Å². The quantitative estimate of drug-likeness (QED) is 0.612. The maximum absolute atomic E-state index is 6.47. The standard InChI is InChI=1S/C24H23N3O2S/c1-2-5-22-19(4-1)21-16-20(23-6-3-15-30-23)25-27(21)24(29-22)17-7-9-18(10-8-17)26-11-13-28-14-12-26/h1-10,15,21,24H,11-14,16H2/t21-,24-/m1/s1. The Hall–Kier alpha value is -2.83. The van der Waals surface area contributed by atoms with Crippen molar-refractivity contribution in [1.82, 2.24) is 5.01 Å². The predicted molar refractivity (Wildman–Crippen MR) is 119 cm³/mol. The molecule has 0 aliphatic carbocycles. The van der Waals surface area contributed by atoms with Crippen molar-refractivity contribution in [3.63, 3.8) is 0 Å². The Morgan fingerprint density at radius 3 is 2.57 bits per heavy atom. The van der Waals surface area contributed by atoms with Crippen LogP contribution in [0.2, 0.25) is 0 Å². The Morgan fingerprint density at radius 1 is 0.933 bits per heavy atom. The Labute approximate surface area is 180 Å². The fourth-order valence-electron chi connectivity index (χ4n) is 4.52. The maximum Gasteiger partial charge on any atom is 0.213 e. The molecule has 3 aromatic rings. The van der Waals surface area contributed by atoms with E-state index in [1.807, 2.05) is 6.07 Å². The first kappa shape index (κ1) is 18.0. The highest BCUT2D eigenvalue weighted by atomic mass is 32.1. The molecule has 0 spiro atoms. The van der Waals surface area contributed by atoms with E-state index in [0.29, 0.717) is 0 Å². The molecule has 3 aliphatic rings. The van der Waals surface area contributed by atoms with Gasteiger partial charge in [0, 0.05) is 36.3 Å². The summed E-state index contributed by atoms with van der Waals surface area (Å²) < 4.78 is 12.0. The van der Waals surface area contributed by atoms with E-state index >= 15 is 0 Å². The molecule has 6 heteroatoms. The Bertz CT molecular complexity index is 1060. The summed E-state index contributed by atoms with van der Waals surface area (Å²) in [5.41, 5.74) is 4.72. The minimum Gasteiger partial charge on any atom is -0.464 e. The third kappa shape index (κ3) is 3.07. The van der Waals surface area contributed by atoms with Crippen molar-refractivity contribution in [1.29, 1.82) is 0 Å². The summed E-state index contributed by atoms with van der Waals surface area (Å²) in [7, 11) is 0. The number of thiophene rings is 1. The molecular formula is C24H23N3O2S. The van der Waals surface area contributed by atoms with E-state index in [1.54, 1.807) is 11.3 Å². The van der Waals surface area contributed by atoms with Crippen molar-refractivity contribution >= 4 is 22.7 Å². The summed E-state index contributed by atoms with van der Waals surface area (Å²) in [5.74, 6) is 0.962. The SMILES string of the molecule is c1csc(C2=NN3[C@H](C2)c2ccccc2O[C@@H]3c2ccc(N3CCOCC3)cc2)c1. The van der Waals surface area contributed by atoms with Gasteiger partial charge in [-0.25, -0.2) is 5.01 Å². The number of anilines is 1. The number of ether oxygens (including phenoxy) is 2. The molecule has 0 unspecified atom stereocenters. The molecule has 2 aromatic carbocycles. The molecule has 0 amide bonds. The molecule has 1 fully saturated rings. The number of hydrogen-bond donors (Lipinski definition) is 0. The van der Waals surface area contributed by atoms with Gasteiger partial charge in [-0.2, -0.15) is 5.10 Å². The zero-order valence-electron chi connectivity index (χ0n) is 16.6. The van der Waals surface area contributed by atoms with Gasteiger partial charge in [-0.15, -0.1) is 11.3 Å². The van der Waals surface area contributed by atoms with E-state index in [4.69, 9.17) is 14.6 Å². The van der Waals surface area contributed by atoms with Crippen LogP contribution in [0.4, 0.5) is 5.69 Å². The zero-order chi connectivity index (χ0) is 19.9. The largest absolute Gasteiger partial charge is 0.464 e. The number of para-hydroxylation sites is 1. The molecule has 0 saturated carbocycles. The summed E-state index contributed by atoms with van der Waals surface area (Å²) in [6, 6.07) is 21.6. The van der Waals surface area contributed by atoms with Gasteiger partial charge < -0.3 is 14.4 Å². The van der Waals surface area contributed by atoms with Gasteiger partial charge in [0.25, 0.3) is 0 Å². The van der Waals surface area contributed by atoms with Crippen molar-refractivity contribution in [3.05, 3.63) is 82.0 Å². The molecule has 30 heavy (non-hydrogen) atoms. The second-order valence-corrected chi connectivity index (χ2v) is 8.77. The van der Waals surface area contributed by atoms with E-state index in [-0.39, 0.29) is 12.3 Å². The van der Waals surface area contributed by atoms with Crippen molar-refractivity contribution in [2.45, 2.75) is 18.7 Å². The summed E-state index contributed by atoms with van der Waals surface area (Å²) in [4.78, 5) is 3.61. The van der Waals surface area contributed by atoms with Crippen molar-refractivity contribution in [2.75, 3.05) is 31.2 Å². The van der Waals surface area contributed by atoms with Gasteiger partial charge in [-0.05, 0) is 29.6 Å². The lowest BCUT2D eigenvalue weighted by Gasteiger charge is -2.38. The molecule has 0 bridgehead atoms. The average Bonchev–Trinajstić information content (AvgIpc) is 3.49. The third-order valence-corrected chi connectivity index (χ3v) is 6.98. The first-order chi connectivity index (χ1) is 14.9. The lowest BCUT2D eigenvalue weighted by atomic mass is 9.97. The Kier molecular flexibility index (Phi) is 4.47. The normalized spacial score (nSPS) is 22.9. The predicted octanol–water partition coefficient (Wildman–Crippen LogP) is 4.83. The van der Waals surface area contributed by atoms with Crippen LogP contribution in [0.25, 0.3) is 0 Å². The summed E-state index contributed by atoms with van der Waals surface area (Å²) in [6.45, 7) is 3.46. The molecule has 0 radical (unpaired) electrons.